The molecule has 2 unspecified atom stereocenters. The minimum atomic E-state index is -4.41. The first-order valence-corrected chi connectivity index (χ1v) is 40.9. The standard InChI is InChI=1S/C83H148NO8P/c1-3-5-7-9-11-13-15-17-19-21-23-25-27-29-31-33-35-36-37-38-39-40-41-42-43-44-46-47-49-51-53-55-57-59-61-63-65-67-69-71-73-75-82(85)89-79-81(80-91-93(87,88)90-78-77-84)92-83(86)76-74-72-70-68-66-64-62-60-58-56-54-52-50-48-45-34-32-30-28-26-24-22-20-18-16-14-12-10-8-6-4-2/h6,8,12,14,18,20-21,23-24,26,30,32,45,48,52,54,58,60,81H,3-5,7,9-11,13,15-17,19,22,25,27-29,31,33-44,46-47,49-51,53,55-57,59,61-80,84H2,1-2H3,(H,87,88)/b8-6-,14-12-,20-18-,23-21-,26-24-,32-30-,48-45-,54-52-,60-58-. The minimum Gasteiger partial charge on any atom is -0.462 e. The molecule has 0 aromatic carbocycles. The zero-order valence-corrected chi connectivity index (χ0v) is 61.6. The molecule has 0 aliphatic carbocycles. The van der Waals surface area contributed by atoms with Gasteiger partial charge in [0, 0.05) is 19.4 Å². The number of carbonyl (C=O) groups is 2. The molecule has 0 aromatic heterocycles. The summed E-state index contributed by atoms with van der Waals surface area (Å²) in [6, 6.07) is 0. The summed E-state index contributed by atoms with van der Waals surface area (Å²) in [6.07, 6.45) is 108. The summed E-state index contributed by atoms with van der Waals surface area (Å²) in [6.45, 7) is 3.65. The van der Waals surface area contributed by atoms with Crippen LogP contribution in [0.3, 0.4) is 0 Å². The van der Waals surface area contributed by atoms with Gasteiger partial charge in [0.25, 0.3) is 0 Å². The highest BCUT2D eigenvalue weighted by molar-refractivity contribution is 7.47. The fraction of sp³-hybridized carbons (Fsp3) is 0.759. The summed E-state index contributed by atoms with van der Waals surface area (Å²) in [5, 5.41) is 0. The van der Waals surface area contributed by atoms with E-state index in [1.165, 1.54) is 231 Å². The van der Waals surface area contributed by atoms with Crippen molar-refractivity contribution in [2.45, 2.75) is 380 Å². The molecule has 9 nitrogen and oxygen atoms in total. The molecule has 0 rings (SSSR count). The van der Waals surface area contributed by atoms with Crippen LogP contribution in [0.15, 0.2) is 109 Å². The van der Waals surface area contributed by atoms with E-state index in [1.54, 1.807) is 0 Å². The van der Waals surface area contributed by atoms with Crippen molar-refractivity contribution in [2.24, 2.45) is 5.73 Å². The van der Waals surface area contributed by atoms with Gasteiger partial charge in [-0.25, -0.2) is 4.57 Å². The monoisotopic (exact) mass is 1320 g/mol. The molecule has 0 aliphatic rings. The maximum absolute atomic E-state index is 12.8. The van der Waals surface area contributed by atoms with E-state index in [9.17, 15) is 19.0 Å². The van der Waals surface area contributed by atoms with E-state index >= 15 is 0 Å². The van der Waals surface area contributed by atoms with E-state index < -0.39 is 26.5 Å². The van der Waals surface area contributed by atoms with Crippen molar-refractivity contribution in [2.75, 3.05) is 26.4 Å². The lowest BCUT2D eigenvalue weighted by molar-refractivity contribution is -0.161. The molecule has 0 fully saturated rings. The normalized spacial score (nSPS) is 13.5. The summed E-state index contributed by atoms with van der Waals surface area (Å²) in [7, 11) is -4.41. The third-order valence-electron chi connectivity index (χ3n) is 17.1. The molecule has 0 bridgehead atoms. The molecule has 93 heavy (non-hydrogen) atoms. The van der Waals surface area contributed by atoms with Crippen LogP contribution in [0.25, 0.3) is 0 Å². The number of esters is 2. The lowest BCUT2D eigenvalue weighted by Crippen LogP contribution is -2.29. The van der Waals surface area contributed by atoms with Crippen molar-refractivity contribution in [1.82, 2.24) is 0 Å². The molecule has 0 spiro atoms. The fourth-order valence-corrected chi connectivity index (χ4v) is 12.1. The second-order valence-electron chi connectivity index (χ2n) is 26.2. The molecule has 0 saturated carbocycles. The molecular formula is C83H148NO8P. The van der Waals surface area contributed by atoms with Gasteiger partial charge in [-0.3, -0.25) is 18.6 Å². The molecule has 3 N–H and O–H groups in total. The Labute approximate surface area is 575 Å². The molecule has 0 aromatic rings. The average molecular weight is 1320 g/mol. The van der Waals surface area contributed by atoms with Crippen LogP contribution < -0.4 is 5.73 Å². The molecule has 0 amide bonds. The highest BCUT2D eigenvalue weighted by Gasteiger charge is 2.26. The largest absolute Gasteiger partial charge is 0.472 e. The molecule has 2 atom stereocenters. The van der Waals surface area contributed by atoms with E-state index in [0.29, 0.717) is 6.42 Å². The van der Waals surface area contributed by atoms with E-state index in [0.717, 1.165) is 109 Å². The number of hydrogen-bond acceptors (Lipinski definition) is 8. The van der Waals surface area contributed by atoms with Crippen LogP contribution in [-0.2, 0) is 32.7 Å². The average Bonchev–Trinajstić information content (AvgIpc) is 3.70. The van der Waals surface area contributed by atoms with Crippen LogP contribution in [0.2, 0.25) is 0 Å². The number of rotatable bonds is 74. The summed E-state index contributed by atoms with van der Waals surface area (Å²) < 4.78 is 33.2. The van der Waals surface area contributed by atoms with E-state index in [1.807, 2.05) is 0 Å². The summed E-state index contributed by atoms with van der Waals surface area (Å²) in [5.41, 5.74) is 5.41. The van der Waals surface area contributed by atoms with Crippen molar-refractivity contribution in [3.05, 3.63) is 109 Å². The van der Waals surface area contributed by atoms with Gasteiger partial charge in [-0.2, -0.15) is 0 Å². The maximum atomic E-state index is 12.8. The summed E-state index contributed by atoms with van der Waals surface area (Å²) in [5.74, 6) is -0.836. The predicted molar refractivity (Wildman–Crippen MR) is 404 cm³/mol. The predicted octanol–water partition coefficient (Wildman–Crippen LogP) is 26.4. The van der Waals surface area contributed by atoms with Gasteiger partial charge >= 0.3 is 19.8 Å². The van der Waals surface area contributed by atoms with Crippen LogP contribution in [0.1, 0.15) is 373 Å². The Bertz CT molecular complexity index is 1900. The first kappa shape index (κ1) is 89.7. The van der Waals surface area contributed by atoms with Crippen molar-refractivity contribution in [1.29, 1.82) is 0 Å². The lowest BCUT2D eigenvalue weighted by atomic mass is 10.0. The van der Waals surface area contributed by atoms with Crippen molar-refractivity contribution in [3.8, 4) is 0 Å². The van der Waals surface area contributed by atoms with Crippen LogP contribution >= 0.6 is 7.82 Å². The fourth-order valence-electron chi connectivity index (χ4n) is 11.4. The molecular weight excluding hydrogens is 1170 g/mol. The molecule has 0 heterocycles. The number of nitrogens with two attached hydrogens (primary N) is 1. The van der Waals surface area contributed by atoms with Gasteiger partial charge in [0.05, 0.1) is 13.2 Å². The second kappa shape index (κ2) is 77.7. The summed E-state index contributed by atoms with van der Waals surface area (Å²) >= 11 is 0. The highest BCUT2D eigenvalue weighted by atomic mass is 31.2. The van der Waals surface area contributed by atoms with Crippen molar-refractivity contribution in [3.63, 3.8) is 0 Å². The van der Waals surface area contributed by atoms with Gasteiger partial charge in [0.2, 0.25) is 0 Å². The van der Waals surface area contributed by atoms with Crippen molar-refractivity contribution >= 4 is 19.8 Å². The Morgan fingerprint density at radius 2 is 0.591 bits per heavy atom. The van der Waals surface area contributed by atoms with Gasteiger partial charge < -0.3 is 20.1 Å². The Balaban J connectivity index is 3.82. The minimum absolute atomic E-state index is 0.0470. The third kappa shape index (κ3) is 77.6. The van der Waals surface area contributed by atoms with Crippen molar-refractivity contribution < 1.29 is 37.6 Å². The van der Waals surface area contributed by atoms with Crippen LogP contribution in [0.5, 0.6) is 0 Å². The SMILES string of the molecule is CC/C=C\C/C=C\C/C=C\C/C=C\C/C=C\C/C=C\C/C=C\C/C=C\CCCCCCCCC(=O)OC(COC(=O)CCCCCCCCCCCCCCCCCCCCCCCCCCCCCCC/C=C\CCCCCCCCCC)COP(=O)(O)OCCN. The Morgan fingerprint density at radius 1 is 0.333 bits per heavy atom. The highest BCUT2D eigenvalue weighted by Crippen LogP contribution is 2.43. The van der Waals surface area contributed by atoms with Gasteiger partial charge in [0.1, 0.15) is 6.61 Å². The number of hydrogen-bond donors (Lipinski definition) is 2. The second-order valence-corrected chi connectivity index (χ2v) is 27.7. The lowest BCUT2D eigenvalue weighted by Gasteiger charge is -2.19. The zero-order valence-electron chi connectivity index (χ0n) is 60.7. The Morgan fingerprint density at radius 3 is 0.892 bits per heavy atom. The smallest absolute Gasteiger partial charge is 0.462 e. The number of allylic oxidation sites excluding steroid dienone is 18. The molecule has 10 heteroatoms. The van der Waals surface area contributed by atoms with E-state index in [4.69, 9.17) is 24.3 Å². The topological polar surface area (TPSA) is 134 Å². The van der Waals surface area contributed by atoms with Gasteiger partial charge in [0.15, 0.2) is 6.10 Å². The van der Waals surface area contributed by atoms with E-state index in [-0.39, 0.29) is 38.6 Å². The van der Waals surface area contributed by atoms with Gasteiger partial charge in [-0.1, -0.05) is 367 Å². The number of ether oxygens (including phenoxy) is 2. The number of phosphoric ester groups is 1. The quantitative estimate of drug-likeness (QED) is 0.0264. The third-order valence-corrected chi connectivity index (χ3v) is 18.1. The Hall–Kier alpha value is -3.33. The molecule has 538 valence electrons. The Kier molecular flexibility index (Phi) is 74.9. The first-order chi connectivity index (χ1) is 45.8. The first-order valence-electron chi connectivity index (χ1n) is 39.4. The number of phosphoric acid groups is 1. The summed E-state index contributed by atoms with van der Waals surface area (Å²) in [4.78, 5) is 35.4. The zero-order chi connectivity index (χ0) is 67.2. The number of unbranched alkanes of at least 4 members (excludes halogenated alkanes) is 43. The molecule has 0 radical (unpaired) electrons. The molecule has 0 aliphatic heterocycles. The van der Waals surface area contributed by atoms with Crippen LogP contribution in [0.4, 0.5) is 0 Å². The molecule has 0 saturated heterocycles. The number of carbonyl (C=O) groups excluding carboxylic acids is 2. The van der Waals surface area contributed by atoms with Gasteiger partial charge in [-0.15, -0.1) is 0 Å². The van der Waals surface area contributed by atoms with E-state index in [2.05, 4.69) is 123 Å². The maximum Gasteiger partial charge on any atom is 0.472 e. The van der Waals surface area contributed by atoms with Gasteiger partial charge in [-0.05, 0) is 103 Å². The van der Waals surface area contributed by atoms with Crippen LogP contribution in [-0.4, -0.2) is 49.3 Å². The van der Waals surface area contributed by atoms with Crippen LogP contribution in [0, 0.1) is 0 Å².